The molecule has 1 amide bonds. The SMILES string of the molecule is CN(C)C(=O)[C@H]1C[C@]1(c1ccc(C(OCc2c(F)cccc2F)(C(F)(F)F)C(F)(F)F)cc1)S(=O)(=O)c1ccc(F)cc1. The number of alkyl halides is 6. The highest BCUT2D eigenvalue weighted by atomic mass is 32.2. The molecule has 1 fully saturated rings. The highest BCUT2D eigenvalue weighted by Crippen LogP contribution is 2.61. The normalized spacial score (nSPS) is 19.3. The van der Waals surface area contributed by atoms with Gasteiger partial charge < -0.3 is 9.64 Å². The number of sulfone groups is 1. The number of carbonyl (C=O) groups excluding carboxylic acids is 1. The maximum Gasteiger partial charge on any atom is 0.430 e. The van der Waals surface area contributed by atoms with Crippen LogP contribution in [0.5, 0.6) is 0 Å². The zero-order valence-electron chi connectivity index (χ0n) is 22.2. The first-order chi connectivity index (χ1) is 19.8. The molecule has 0 saturated heterocycles. The molecule has 0 spiro atoms. The van der Waals surface area contributed by atoms with Gasteiger partial charge in [-0.15, -0.1) is 0 Å². The number of hydrogen-bond acceptors (Lipinski definition) is 4. The summed E-state index contributed by atoms with van der Waals surface area (Å²) in [7, 11) is -1.90. The lowest BCUT2D eigenvalue weighted by atomic mass is 9.90. The lowest BCUT2D eigenvalue weighted by Crippen LogP contribution is -2.56. The Kier molecular flexibility index (Phi) is 8.15. The smallest absolute Gasteiger partial charge is 0.349 e. The molecule has 4 rings (SSSR count). The average Bonchev–Trinajstić information content (AvgIpc) is 3.66. The van der Waals surface area contributed by atoms with Gasteiger partial charge in [-0.05, 0) is 48.4 Å². The molecule has 0 heterocycles. The van der Waals surface area contributed by atoms with Crippen LogP contribution in [-0.4, -0.2) is 45.7 Å². The summed E-state index contributed by atoms with van der Waals surface area (Å²) >= 11 is 0. The van der Waals surface area contributed by atoms with E-state index in [1.54, 1.807) is 0 Å². The Morgan fingerprint density at radius 1 is 0.860 bits per heavy atom. The van der Waals surface area contributed by atoms with Crippen LogP contribution in [0.3, 0.4) is 0 Å². The number of benzene rings is 3. The molecule has 3 aromatic carbocycles. The monoisotopic (exact) mass is 639 g/mol. The van der Waals surface area contributed by atoms with E-state index in [1.807, 2.05) is 0 Å². The van der Waals surface area contributed by atoms with Crippen molar-refractivity contribution >= 4 is 15.7 Å². The van der Waals surface area contributed by atoms with Crippen LogP contribution in [0.15, 0.2) is 71.6 Å². The van der Waals surface area contributed by atoms with E-state index in [1.165, 1.54) is 14.1 Å². The van der Waals surface area contributed by atoms with Crippen LogP contribution in [0.4, 0.5) is 39.5 Å². The number of halogens is 9. The Morgan fingerprint density at radius 3 is 1.84 bits per heavy atom. The van der Waals surface area contributed by atoms with Crippen molar-refractivity contribution in [3.05, 3.63) is 101 Å². The fourth-order valence-electron chi connectivity index (χ4n) is 5.01. The van der Waals surface area contributed by atoms with Crippen LogP contribution in [0.1, 0.15) is 23.1 Å². The number of ether oxygens (including phenoxy) is 1. The minimum Gasteiger partial charge on any atom is -0.349 e. The Labute approximate surface area is 239 Å². The highest BCUT2D eigenvalue weighted by molar-refractivity contribution is 7.92. The molecule has 0 aliphatic heterocycles. The van der Waals surface area contributed by atoms with E-state index in [0.29, 0.717) is 36.4 Å². The molecule has 232 valence electrons. The molecule has 5 nitrogen and oxygen atoms in total. The first-order valence-corrected chi connectivity index (χ1v) is 13.8. The van der Waals surface area contributed by atoms with E-state index in [4.69, 9.17) is 0 Å². The van der Waals surface area contributed by atoms with E-state index in [0.717, 1.165) is 35.2 Å². The molecule has 0 bridgehead atoms. The molecular weight excluding hydrogens is 617 g/mol. The van der Waals surface area contributed by atoms with Crippen molar-refractivity contribution in [1.82, 2.24) is 4.90 Å². The van der Waals surface area contributed by atoms with E-state index in [2.05, 4.69) is 4.74 Å². The van der Waals surface area contributed by atoms with Crippen LogP contribution in [-0.2, 0) is 36.3 Å². The Hall–Kier alpha value is -3.59. The van der Waals surface area contributed by atoms with Gasteiger partial charge in [-0.25, -0.2) is 21.6 Å². The third-order valence-electron chi connectivity index (χ3n) is 7.33. The minimum atomic E-state index is -6.21. The molecule has 1 aliphatic carbocycles. The zero-order chi connectivity index (χ0) is 32.2. The van der Waals surface area contributed by atoms with Gasteiger partial charge in [0, 0.05) is 25.2 Å². The standard InChI is InChI=1S/C28H22F9NO4S/c1-38(2)24(39)21-14-25(21,43(40,41)19-12-10-18(29)11-13-19)16-6-8-17(9-7-16)26(27(32,33)34,28(35,36)37)42-15-20-22(30)4-3-5-23(20)31/h3-13,21H,14-15H2,1-2H3/t21-,25-/m1/s1. The van der Waals surface area contributed by atoms with E-state index in [-0.39, 0.29) is 12.0 Å². The van der Waals surface area contributed by atoms with Crippen LogP contribution >= 0.6 is 0 Å². The molecule has 2 atom stereocenters. The van der Waals surface area contributed by atoms with Gasteiger partial charge in [0.1, 0.15) is 22.2 Å². The predicted molar refractivity (Wildman–Crippen MR) is 133 cm³/mol. The summed E-state index contributed by atoms with van der Waals surface area (Å²) in [6.45, 7) is -1.76. The second kappa shape index (κ2) is 10.8. The maximum atomic E-state index is 14.3. The van der Waals surface area contributed by atoms with Gasteiger partial charge >= 0.3 is 12.4 Å². The number of nitrogens with zero attached hydrogens (tertiary/aromatic N) is 1. The van der Waals surface area contributed by atoms with Gasteiger partial charge in [-0.3, -0.25) is 4.79 Å². The molecule has 3 aromatic rings. The topological polar surface area (TPSA) is 63.7 Å². The summed E-state index contributed by atoms with van der Waals surface area (Å²) < 4.78 is 157. The van der Waals surface area contributed by atoms with E-state index >= 15 is 0 Å². The fourth-order valence-corrected chi connectivity index (χ4v) is 7.23. The number of amides is 1. The van der Waals surface area contributed by atoms with Crippen molar-refractivity contribution in [1.29, 1.82) is 0 Å². The quantitative estimate of drug-likeness (QED) is 0.211. The largest absolute Gasteiger partial charge is 0.430 e. The van der Waals surface area contributed by atoms with Crippen molar-refractivity contribution in [3.63, 3.8) is 0 Å². The maximum absolute atomic E-state index is 14.3. The van der Waals surface area contributed by atoms with Gasteiger partial charge in [0.05, 0.1) is 17.4 Å². The first-order valence-electron chi connectivity index (χ1n) is 12.3. The van der Waals surface area contributed by atoms with Crippen LogP contribution in [0, 0.1) is 23.4 Å². The van der Waals surface area contributed by atoms with Gasteiger partial charge in [0.25, 0.3) is 5.60 Å². The summed E-state index contributed by atoms with van der Waals surface area (Å²) in [5, 5.41) is 0. The molecule has 15 heteroatoms. The molecule has 0 aromatic heterocycles. The van der Waals surface area contributed by atoms with Crippen molar-refractivity contribution < 1.29 is 57.5 Å². The number of hydrogen-bond donors (Lipinski definition) is 0. The van der Waals surface area contributed by atoms with Crippen molar-refractivity contribution in [2.24, 2.45) is 5.92 Å². The van der Waals surface area contributed by atoms with E-state index < -0.39 is 84.4 Å². The Bertz CT molecular complexity index is 1590. The molecule has 0 radical (unpaired) electrons. The number of carbonyl (C=O) groups is 1. The van der Waals surface area contributed by atoms with Gasteiger partial charge in [0.2, 0.25) is 5.91 Å². The predicted octanol–water partition coefficient (Wildman–Crippen LogP) is 6.42. The summed E-state index contributed by atoms with van der Waals surface area (Å²) in [6, 6.07) is 7.69. The van der Waals surface area contributed by atoms with Gasteiger partial charge in [-0.1, -0.05) is 30.3 Å². The molecular formula is C28H22F9NO4S. The van der Waals surface area contributed by atoms with Crippen LogP contribution < -0.4 is 0 Å². The molecule has 1 aliphatic rings. The summed E-state index contributed by atoms with van der Waals surface area (Å²) in [4.78, 5) is 13.5. The highest BCUT2D eigenvalue weighted by Gasteiger charge is 2.74. The molecule has 1 saturated carbocycles. The fraction of sp³-hybridized carbons (Fsp3) is 0.321. The van der Waals surface area contributed by atoms with E-state index in [9.17, 15) is 52.7 Å². The van der Waals surface area contributed by atoms with Crippen molar-refractivity contribution in [3.8, 4) is 0 Å². The minimum absolute atomic E-state index is 0.306. The average molecular weight is 640 g/mol. The molecule has 43 heavy (non-hydrogen) atoms. The summed E-state index contributed by atoms with van der Waals surface area (Å²) in [5.41, 5.74) is -8.12. The Balaban J connectivity index is 1.85. The second-order valence-corrected chi connectivity index (χ2v) is 12.3. The first kappa shape index (κ1) is 32.3. The third-order valence-corrected chi connectivity index (χ3v) is 9.86. The second-order valence-electron chi connectivity index (χ2n) is 10.1. The Morgan fingerprint density at radius 2 is 1.37 bits per heavy atom. The molecule has 0 unspecified atom stereocenters. The van der Waals surface area contributed by atoms with Crippen molar-refractivity contribution in [2.45, 2.75) is 40.6 Å². The van der Waals surface area contributed by atoms with Crippen LogP contribution in [0.2, 0.25) is 0 Å². The van der Waals surface area contributed by atoms with Crippen LogP contribution in [0.25, 0.3) is 0 Å². The zero-order valence-corrected chi connectivity index (χ0v) is 23.0. The van der Waals surface area contributed by atoms with Crippen molar-refractivity contribution in [2.75, 3.05) is 14.1 Å². The summed E-state index contributed by atoms with van der Waals surface area (Å²) in [6.07, 6.45) is -12.8. The lowest BCUT2D eigenvalue weighted by Gasteiger charge is -2.37. The third kappa shape index (κ3) is 5.26. The lowest BCUT2D eigenvalue weighted by molar-refractivity contribution is -0.392. The number of rotatable bonds is 8. The van der Waals surface area contributed by atoms with Gasteiger partial charge in [0.15, 0.2) is 9.84 Å². The molecule has 0 N–H and O–H groups in total. The van der Waals surface area contributed by atoms with Gasteiger partial charge in [-0.2, -0.15) is 26.3 Å². The summed E-state index contributed by atoms with van der Waals surface area (Å²) in [5.74, 6) is -5.60.